The molecule has 2 atom stereocenters. The molecule has 1 nitrogen and oxygen atoms in total. The van der Waals surface area contributed by atoms with Gasteiger partial charge >= 0.3 is 0 Å². The van der Waals surface area contributed by atoms with Crippen molar-refractivity contribution in [1.82, 2.24) is 5.32 Å². The van der Waals surface area contributed by atoms with Crippen molar-refractivity contribution in [3.63, 3.8) is 0 Å². The van der Waals surface area contributed by atoms with Crippen LogP contribution in [0.4, 0.5) is 0 Å². The van der Waals surface area contributed by atoms with Crippen LogP contribution in [-0.4, -0.2) is 6.54 Å². The van der Waals surface area contributed by atoms with E-state index in [4.69, 9.17) is 23.2 Å². The van der Waals surface area contributed by atoms with Crippen LogP contribution >= 0.6 is 23.2 Å². The first-order chi connectivity index (χ1) is 10.2. The molecule has 1 aliphatic carbocycles. The van der Waals surface area contributed by atoms with E-state index in [1.807, 2.05) is 18.2 Å². The Morgan fingerprint density at radius 3 is 2.76 bits per heavy atom. The Kier molecular flexibility index (Phi) is 4.54. The van der Waals surface area contributed by atoms with Gasteiger partial charge in [-0.15, -0.1) is 0 Å². The molecule has 1 aliphatic rings. The highest BCUT2D eigenvalue weighted by Crippen LogP contribution is 2.42. The molecule has 2 aromatic carbocycles. The fourth-order valence-corrected chi connectivity index (χ4v) is 3.64. The predicted molar refractivity (Wildman–Crippen MR) is 90.4 cm³/mol. The Morgan fingerprint density at radius 2 is 2.00 bits per heavy atom. The molecule has 3 rings (SSSR count). The topological polar surface area (TPSA) is 12.0 Å². The van der Waals surface area contributed by atoms with Crippen LogP contribution in [0.5, 0.6) is 0 Å². The Balaban J connectivity index is 1.81. The molecule has 0 amide bonds. The monoisotopic (exact) mass is 319 g/mol. The van der Waals surface area contributed by atoms with Crippen molar-refractivity contribution in [3.8, 4) is 0 Å². The summed E-state index contributed by atoms with van der Waals surface area (Å²) in [6.07, 6.45) is 2.22. The van der Waals surface area contributed by atoms with Crippen molar-refractivity contribution >= 4 is 23.2 Å². The summed E-state index contributed by atoms with van der Waals surface area (Å²) in [6.45, 7) is 3.04. The minimum absolute atomic E-state index is 0.250. The third-order valence-electron chi connectivity index (χ3n) is 4.27. The van der Waals surface area contributed by atoms with E-state index in [-0.39, 0.29) is 6.04 Å². The highest BCUT2D eigenvalue weighted by Gasteiger charge is 2.29. The second-order valence-electron chi connectivity index (χ2n) is 5.61. The molecule has 0 radical (unpaired) electrons. The fourth-order valence-electron chi connectivity index (χ4n) is 3.21. The molecular weight excluding hydrogens is 301 g/mol. The maximum atomic E-state index is 6.37. The number of fused-ring (bicyclic) bond motifs is 1. The van der Waals surface area contributed by atoms with Gasteiger partial charge in [-0.1, -0.05) is 54.4 Å². The Hall–Kier alpha value is -1.02. The lowest BCUT2D eigenvalue weighted by atomic mass is 9.74. The van der Waals surface area contributed by atoms with Crippen LogP contribution in [0.25, 0.3) is 0 Å². The summed E-state index contributed by atoms with van der Waals surface area (Å²) in [5.74, 6) is 0.611. The number of hydrogen-bond donors (Lipinski definition) is 1. The van der Waals surface area contributed by atoms with Crippen LogP contribution in [0.15, 0.2) is 42.5 Å². The lowest BCUT2D eigenvalue weighted by Gasteiger charge is -2.33. The molecule has 1 N–H and O–H groups in total. The van der Waals surface area contributed by atoms with Crippen LogP contribution in [0.3, 0.4) is 0 Å². The molecule has 0 spiro atoms. The SMILES string of the molecule is CCNC(CC1Cc2ccccc21)c1cc(Cl)ccc1Cl. The van der Waals surface area contributed by atoms with E-state index in [1.54, 1.807) is 0 Å². The largest absolute Gasteiger partial charge is 0.310 e. The highest BCUT2D eigenvalue weighted by atomic mass is 35.5. The standard InChI is InChI=1S/C18H19Cl2N/c1-2-21-18(16-11-14(19)7-8-17(16)20)10-13-9-12-5-3-4-6-15(12)13/h3-8,11,13,18,21H,2,9-10H2,1H3. The molecule has 0 bridgehead atoms. The summed E-state index contributed by atoms with van der Waals surface area (Å²) in [7, 11) is 0. The van der Waals surface area contributed by atoms with Crippen molar-refractivity contribution in [1.29, 1.82) is 0 Å². The van der Waals surface area contributed by atoms with E-state index < -0.39 is 0 Å². The molecule has 0 aromatic heterocycles. The normalized spacial score (nSPS) is 18.0. The van der Waals surface area contributed by atoms with Gasteiger partial charge < -0.3 is 5.32 Å². The maximum Gasteiger partial charge on any atom is 0.0454 e. The number of benzene rings is 2. The summed E-state index contributed by atoms with van der Waals surface area (Å²) in [5, 5.41) is 5.09. The Bertz CT molecular complexity index is 639. The first-order valence-corrected chi connectivity index (χ1v) is 8.20. The molecule has 2 aromatic rings. The van der Waals surface area contributed by atoms with E-state index in [0.717, 1.165) is 35.0 Å². The third kappa shape index (κ3) is 3.11. The highest BCUT2D eigenvalue weighted by molar-refractivity contribution is 6.33. The number of hydrogen-bond acceptors (Lipinski definition) is 1. The van der Waals surface area contributed by atoms with Gasteiger partial charge in [0, 0.05) is 16.1 Å². The van der Waals surface area contributed by atoms with Crippen molar-refractivity contribution in [2.45, 2.75) is 31.7 Å². The summed E-state index contributed by atoms with van der Waals surface area (Å²) in [5.41, 5.74) is 4.07. The average molecular weight is 320 g/mol. The van der Waals surface area contributed by atoms with Crippen LogP contribution < -0.4 is 5.32 Å². The molecule has 110 valence electrons. The van der Waals surface area contributed by atoms with E-state index in [1.165, 1.54) is 11.1 Å². The van der Waals surface area contributed by atoms with Gasteiger partial charge in [0.1, 0.15) is 0 Å². The van der Waals surface area contributed by atoms with E-state index >= 15 is 0 Å². The molecule has 0 aliphatic heterocycles. The van der Waals surface area contributed by atoms with Gasteiger partial charge in [-0.3, -0.25) is 0 Å². The molecule has 0 saturated carbocycles. The predicted octanol–water partition coefficient (Wildman–Crippen LogP) is 5.37. The minimum atomic E-state index is 0.250. The molecule has 21 heavy (non-hydrogen) atoms. The number of nitrogens with one attached hydrogen (secondary N) is 1. The zero-order valence-corrected chi connectivity index (χ0v) is 13.6. The zero-order valence-electron chi connectivity index (χ0n) is 12.1. The smallest absolute Gasteiger partial charge is 0.0454 e. The van der Waals surface area contributed by atoms with Crippen molar-refractivity contribution in [3.05, 3.63) is 69.2 Å². The average Bonchev–Trinajstić information content (AvgIpc) is 2.46. The van der Waals surface area contributed by atoms with Crippen molar-refractivity contribution in [2.75, 3.05) is 6.54 Å². The second kappa shape index (κ2) is 6.39. The Labute approximate surface area is 136 Å². The van der Waals surface area contributed by atoms with E-state index in [0.29, 0.717) is 5.92 Å². The first-order valence-electron chi connectivity index (χ1n) is 7.45. The molecular formula is C18H19Cl2N. The molecule has 3 heteroatoms. The van der Waals surface area contributed by atoms with Gasteiger partial charge in [-0.2, -0.15) is 0 Å². The van der Waals surface area contributed by atoms with Crippen LogP contribution in [-0.2, 0) is 6.42 Å². The van der Waals surface area contributed by atoms with E-state index in [2.05, 4.69) is 36.5 Å². The van der Waals surface area contributed by atoms with Gasteiger partial charge in [0.05, 0.1) is 0 Å². The molecule has 2 unspecified atom stereocenters. The third-order valence-corrected chi connectivity index (χ3v) is 4.84. The Morgan fingerprint density at radius 1 is 1.19 bits per heavy atom. The summed E-state index contributed by atoms with van der Waals surface area (Å²) in [6, 6.07) is 14.7. The van der Waals surface area contributed by atoms with Gasteiger partial charge in [-0.05, 0) is 60.2 Å². The summed E-state index contributed by atoms with van der Waals surface area (Å²) >= 11 is 12.5. The minimum Gasteiger partial charge on any atom is -0.310 e. The number of halogens is 2. The van der Waals surface area contributed by atoms with Crippen LogP contribution in [0.2, 0.25) is 10.0 Å². The van der Waals surface area contributed by atoms with Gasteiger partial charge in [0.15, 0.2) is 0 Å². The van der Waals surface area contributed by atoms with Gasteiger partial charge in [0.2, 0.25) is 0 Å². The zero-order chi connectivity index (χ0) is 14.8. The van der Waals surface area contributed by atoms with Gasteiger partial charge in [0.25, 0.3) is 0 Å². The second-order valence-corrected chi connectivity index (χ2v) is 6.46. The summed E-state index contributed by atoms with van der Waals surface area (Å²) < 4.78 is 0. The van der Waals surface area contributed by atoms with Gasteiger partial charge in [-0.25, -0.2) is 0 Å². The van der Waals surface area contributed by atoms with Crippen LogP contribution in [0, 0.1) is 0 Å². The molecule has 0 saturated heterocycles. The lowest BCUT2D eigenvalue weighted by Crippen LogP contribution is -2.27. The number of rotatable bonds is 5. The van der Waals surface area contributed by atoms with Crippen LogP contribution in [0.1, 0.15) is 42.0 Å². The quantitative estimate of drug-likeness (QED) is 0.780. The summed E-state index contributed by atoms with van der Waals surface area (Å²) in [4.78, 5) is 0. The molecule has 0 heterocycles. The maximum absolute atomic E-state index is 6.37. The van der Waals surface area contributed by atoms with E-state index in [9.17, 15) is 0 Å². The lowest BCUT2D eigenvalue weighted by molar-refractivity contribution is 0.436. The first kappa shape index (κ1) is 14.9. The van der Waals surface area contributed by atoms with Crippen molar-refractivity contribution in [2.24, 2.45) is 0 Å². The van der Waals surface area contributed by atoms with Crippen molar-refractivity contribution < 1.29 is 0 Å². The fraction of sp³-hybridized carbons (Fsp3) is 0.333. The molecule has 0 fully saturated rings.